The highest BCUT2D eigenvalue weighted by molar-refractivity contribution is 5.99. The predicted octanol–water partition coefficient (Wildman–Crippen LogP) is 7.47. The molecule has 0 aromatic heterocycles. The van der Waals surface area contributed by atoms with E-state index in [4.69, 9.17) is 9.47 Å². The van der Waals surface area contributed by atoms with E-state index >= 15 is 0 Å². The van der Waals surface area contributed by atoms with E-state index in [0.717, 1.165) is 21.5 Å². The number of likely N-dealkylation sites (tertiary alicyclic amines) is 1. The number of amides is 2. The molecule has 43 heavy (non-hydrogen) atoms. The van der Waals surface area contributed by atoms with Crippen molar-refractivity contribution < 1.29 is 23.9 Å². The lowest BCUT2D eigenvalue weighted by Gasteiger charge is -2.39. The van der Waals surface area contributed by atoms with Crippen molar-refractivity contribution in [3.63, 3.8) is 0 Å². The number of benzene rings is 4. The molecule has 5 rings (SSSR count). The van der Waals surface area contributed by atoms with Crippen LogP contribution in [-0.2, 0) is 9.47 Å². The molecule has 0 saturated carbocycles. The Morgan fingerprint density at radius 3 is 1.93 bits per heavy atom. The molecular formula is C36H40N2O5. The standard InChI is InChI=1S/C36H40N2O5/c1-36(2,3)43-35(41)37-21-18-32(19-22-37)38(33(39)30-16-14-26-10-4-6-12-28(26)24-30)20-8-9-23-42-34(40)31-17-15-27-11-5-7-13-29(27)25-31/h4-7,10-17,24-25,32H,8-9,18-23H2,1-3H3. The molecule has 4 aromatic carbocycles. The van der Waals surface area contributed by atoms with Gasteiger partial charge in [0.25, 0.3) is 5.91 Å². The third kappa shape index (κ3) is 7.72. The van der Waals surface area contributed by atoms with Gasteiger partial charge in [-0.2, -0.15) is 0 Å². The zero-order chi connectivity index (χ0) is 30.4. The van der Waals surface area contributed by atoms with Gasteiger partial charge in [0.05, 0.1) is 12.2 Å². The highest BCUT2D eigenvalue weighted by atomic mass is 16.6. The Labute approximate surface area is 253 Å². The molecule has 7 nitrogen and oxygen atoms in total. The third-order valence-corrected chi connectivity index (χ3v) is 7.83. The van der Waals surface area contributed by atoms with Crippen molar-refractivity contribution in [2.45, 2.75) is 58.1 Å². The second-order valence-corrected chi connectivity index (χ2v) is 12.2. The lowest BCUT2D eigenvalue weighted by Crippen LogP contribution is -2.50. The van der Waals surface area contributed by atoms with Crippen LogP contribution in [-0.4, -0.2) is 65.7 Å². The zero-order valence-corrected chi connectivity index (χ0v) is 25.3. The average Bonchev–Trinajstić information content (AvgIpc) is 3.01. The minimum Gasteiger partial charge on any atom is -0.462 e. The van der Waals surface area contributed by atoms with Crippen molar-refractivity contribution in [2.75, 3.05) is 26.2 Å². The third-order valence-electron chi connectivity index (χ3n) is 7.83. The maximum absolute atomic E-state index is 13.9. The second kappa shape index (κ2) is 13.3. The van der Waals surface area contributed by atoms with E-state index < -0.39 is 5.60 Å². The van der Waals surface area contributed by atoms with Crippen LogP contribution in [0.15, 0.2) is 84.9 Å². The predicted molar refractivity (Wildman–Crippen MR) is 169 cm³/mol. The molecule has 0 unspecified atom stereocenters. The summed E-state index contributed by atoms with van der Waals surface area (Å²) in [6, 6.07) is 27.3. The SMILES string of the molecule is CC(C)(C)OC(=O)N1CCC(N(CCCCOC(=O)c2ccc3ccccc3c2)C(=O)c2ccc3ccccc3c2)CC1. The van der Waals surface area contributed by atoms with E-state index in [0.29, 0.717) is 56.4 Å². The number of hydrogen-bond donors (Lipinski definition) is 0. The van der Waals surface area contributed by atoms with Crippen LogP contribution in [0.3, 0.4) is 0 Å². The number of hydrogen-bond acceptors (Lipinski definition) is 5. The van der Waals surface area contributed by atoms with Crippen LogP contribution in [0.4, 0.5) is 4.79 Å². The summed E-state index contributed by atoms with van der Waals surface area (Å²) < 4.78 is 11.1. The van der Waals surface area contributed by atoms with E-state index in [2.05, 4.69) is 0 Å². The molecule has 0 spiro atoms. The van der Waals surface area contributed by atoms with Crippen molar-refractivity contribution in [1.29, 1.82) is 0 Å². The Hall–Kier alpha value is -4.39. The largest absolute Gasteiger partial charge is 0.462 e. The van der Waals surface area contributed by atoms with Crippen molar-refractivity contribution in [2.24, 2.45) is 0 Å². The molecule has 1 saturated heterocycles. The van der Waals surface area contributed by atoms with Crippen molar-refractivity contribution in [1.82, 2.24) is 9.80 Å². The van der Waals surface area contributed by atoms with Crippen LogP contribution in [0.5, 0.6) is 0 Å². The van der Waals surface area contributed by atoms with E-state index in [1.165, 1.54) is 0 Å². The summed E-state index contributed by atoms with van der Waals surface area (Å²) in [5.74, 6) is -0.362. The first-order chi connectivity index (χ1) is 20.7. The zero-order valence-electron chi connectivity index (χ0n) is 25.3. The Kier molecular flexibility index (Phi) is 9.29. The lowest BCUT2D eigenvalue weighted by atomic mass is 10.0. The molecule has 0 aliphatic carbocycles. The van der Waals surface area contributed by atoms with Crippen molar-refractivity contribution >= 4 is 39.5 Å². The molecule has 1 heterocycles. The lowest BCUT2D eigenvalue weighted by molar-refractivity contribution is 0.0143. The molecule has 7 heteroatoms. The Balaban J connectivity index is 1.21. The molecule has 0 radical (unpaired) electrons. The fourth-order valence-electron chi connectivity index (χ4n) is 5.57. The smallest absolute Gasteiger partial charge is 0.410 e. The molecule has 0 bridgehead atoms. The maximum Gasteiger partial charge on any atom is 0.410 e. The average molecular weight is 581 g/mol. The molecule has 0 atom stereocenters. The number of fused-ring (bicyclic) bond motifs is 2. The Morgan fingerprint density at radius 2 is 1.33 bits per heavy atom. The van der Waals surface area contributed by atoms with Crippen LogP contribution in [0.25, 0.3) is 21.5 Å². The first-order valence-electron chi connectivity index (χ1n) is 15.1. The van der Waals surface area contributed by atoms with Crippen LogP contribution in [0.1, 0.15) is 67.2 Å². The van der Waals surface area contributed by atoms with E-state index in [9.17, 15) is 14.4 Å². The first kappa shape index (κ1) is 30.1. The minimum absolute atomic E-state index is 0.00203. The normalized spacial score (nSPS) is 14.1. The van der Waals surface area contributed by atoms with Crippen LogP contribution in [0.2, 0.25) is 0 Å². The van der Waals surface area contributed by atoms with Gasteiger partial charge in [-0.05, 0) is 92.3 Å². The molecule has 1 fully saturated rings. The molecule has 1 aliphatic heterocycles. The topological polar surface area (TPSA) is 76.2 Å². The van der Waals surface area contributed by atoms with Gasteiger partial charge in [0.1, 0.15) is 5.60 Å². The monoisotopic (exact) mass is 580 g/mol. The summed E-state index contributed by atoms with van der Waals surface area (Å²) >= 11 is 0. The fraction of sp³-hybridized carbons (Fsp3) is 0.361. The van der Waals surface area contributed by atoms with Gasteiger partial charge in [-0.15, -0.1) is 0 Å². The first-order valence-corrected chi connectivity index (χ1v) is 15.1. The number of esters is 1. The maximum atomic E-state index is 13.9. The summed E-state index contributed by atoms with van der Waals surface area (Å²) in [6.45, 7) is 7.47. The van der Waals surface area contributed by atoms with Gasteiger partial charge < -0.3 is 19.3 Å². The van der Waals surface area contributed by atoms with Crippen LogP contribution >= 0.6 is 0 Å². The molecule has 0 N–H and O–H groups in total. The molecular weight excluding hydrogens is 540 g/mol. The summed E-state index contributed by atoms with van der Waals surface area (Å²) in [5.41, 5.74) is 0.628. The van der Waals surface area contributed by atoms with E-state index in [1.54, 1.807) is 11.0 Å². The Bertz CT molecular complexity index is 1600. The van der Waals surface area contributed by atoms with Gasteiger partial charge in [-0.1, -0.05) is 60.7 Å². The van der Waals surface area contributed by atoms with Gasteiger partial charge in [0.15, 0.2) is 0 Å². The van der Waals surface area contributed by atoms with Crippen molar-refractivity contribution in [3.05, 3.63) is 96.1 Å². The Morgan fingerprint density at radius 1 is 0.767 bits per heavy atom. The van der Waals surface area contributed by atoms with E-state index in [1.807, 2.05) is 105 Å². The number of carbonyl (C=O) groups excluding carboxylic acids is 3. The number of rotatable bonds is 8. The number of piperidine rings is 1. The summed E-state index contributed by atoms with van der Waals surface area (Å²) in [4.78, 5) is 42.9. The molecule has 224 valence electrons. The van der Waals surface area contributed by atoms with Gasteiger partial charge in [0.2, 0.25) is 0 Å². The van der Waals surface area contributed by atoms with Crippen LogP contribution in [0, 0.1) is 0 Å². The summed E-state index contributed by atoms with van der Waals surface area (Å²) in [6.07, 6.45) is 2.37. The summed E-state index contributed by atoms with van der Waals surface area (Å²) in [7, 11) is 0. The van der Waals surface area contributed by atoms with Crippen molar-refractivity contribution in [3.8, 4) is 0 Å². The molecule has 2 amide bonds. The molecule has 1 aliphatic rings. The number of unbranched alkanes of at least 4 members (excludes halogenated alkanes) is 1. The number of nitrogens with zero attached hydrogens (tertiary/aromatic N) is 2. The number of carbonyl (C=O) groups is 3. The quantitative estimate of drug-likeness (QED) is 0.160. The highest BCUT2D eigenvalue weighted by Crippen LogP contribution is 2.24. The minimum atomic E-state index is -0.552. The summed E-state index contributed by atoms with van der Waals surface area (Å²) in [5, 5.41) is 4.18. The van der Waals surface area contributed by atoms with E-state index in [-0.39, 0.29) is 30.6 Å². The second-order valence-electron chi connectivity index (χ2n) is 12.2. The van der Waals surface area contributed by atoms with Gasteiger partial charge in [0, 0.05) is 31.2 Å². The van der Waals surface area contributed by atoms with Crippen LogP contribution < -0.4 is 0 Å². The highest BCUT2D eigenvalue weighted by Gasteiger charge is 2.32. The van der Waals surface area contributed by atoms with Gasteiger partial charge in [-0.25, -0.2) is 9.59 Å². The van der Waals surface area contributed by atoms with Gasteiger partial charge >= 0.3 is 12.1 Å². The number of ether oxygens (including phenoxy) is 2. The molecule has 4 aromatic rings. The fourth-order valence-corrected chi connectivity index (χ4v) is 5.57. The van der Waals surface area contributed by atoms with Gasteiger partial charge in [-0.3, -0.25) is 4.79 Å².